The van der Waals surface area contributed by atoms with E-state index >= 15 is 0 Å². The van der Waals surface area contributed by atoms with Gasteiger partial charge in [-0.25, -0.2) is 0 Å². The summed E-state index contributed by atoms with van der Waals surface area (Å²) in [5.74, 6) is 0.0427. The van der Waals surface area contributed by atoms with Crippen molar-refractivity contribution in [3.63, 3.8) is 0 Å². The third-order valence-corrected chi connectivity index (χ3v) is 3.06. The Kier molecular flexibility index (Phi) is 3.45. The van der Waals surface area contributed by atoms with Gasteiger partial charge in [0.05, 0.1) is 4.92 Å². The number of hydrogen-bond donors (Lipinski definition) is 2. The Hall–Kier alpha value is -2.11. The number of carbonyl (C=O) groups is 1. The Morgan fingerprint density at radius 1 is 1.56 bits per heavy atom. The molecular formula is C12H15N3O3. The summed E-state index contributed by atoms with van der Waals surface area (Å²) in [5, 5.41) is 16.8. The molecule has 1 aromatic rings. The van der Waals surface area contributed by atoms with Gasteiger partial charge in [-0.15, -0.1) is 0 Å². The quantitative estimate of drug-likeness (QED) is 0.627. The van der Waals surface area contributed by atoms with Crippen molar-refractivity contribution in [3.05, 3.63) is 33.9 Å². The molecule has 1 amide bonds. The summed E-state index contributed by atoms with van der Waals surface area (Å²) in [6.07, 6.45) is 1.30. The average Bonchev–Trinajstić information content (AvgIpc) is 2.73. The van der Waals surface area contributed by atoms with Crippen LogP contribution in [0.2, 0.25) is 0 Å². The smallest absolute Gasteiger partial charge is 0.292 e. The number of rotatable bonds is 4. The molecule has 1 fully saturated rings. The zero-order valence-electron chi connectivity index (χ0n) is 10.1. The van der Waals surface area contributed by atoms with Crippen LogP contribution >= 0.6 is 0 Å². The van der Waals surface area contributed by atoms with Crippen molar-refractivity contribution in [2.45, 2.75) is 25.8 Å². The summed E-state index contributed by atoms with van der Waals surface area (Å²) >= 11 is 0. The number of anilines is 1. The number of para-hydroxylation sites is 1. The van der Waals surface area contributed by atoms with Gasteiger partial charge in [0.1, 0.15) is 5.69 Å². The Morgan fingerprint density at radius 3 is 2.94 bits per heavy atom. The molecule has 6 nitrogen and oxygen atoms in total. The second kappa shape index (κ2) is 5.03. The van der Waals surface area contributed by atoms with Crippen LogP contribution in [0.5, 0.6) is 0 Å². The summed E-state index contributed by atoms with van der Waals surface area (Å²) in [7, 11) is 0. The van der Waals surface area contributed by atoms with Gasteiger partial charge in [-0.05, 0) is 18.9 Å². The van der Waals surface area contributed by atoms with Crippen LogP contribution in [0.3, 0.4) is 0 Å². The number of benzene rings is 1. The largest absolute Gasteiger partial charge is 0.377 e. The van der Waals surface area contributed by atoms with Crippen molar-refractivity contribution in [1.82, 2.24) is 5.32 Å². The molecule has 18 heavy (non-hydrogen) atoms. The van der Waals surface area contributed by atoms with Crippen LogP contribution in [0.25, 0.3) is 0 Å². The Bertz CT molecular complexity index is 487. The van der Waals surface area contributed by atoms with Gasteiger partial charge in [0.15, 0.2) is 0 Å². The van der Waals surface area contributed by atoms with Crippen LogP contribution in [0, 0.1) is 17.0 Å². The van der Waals surface area contributed by atoms with Gasteiger partial charge in [-0.3, -0.25) is 14.9 Å². The van der Waals surface area contributed by atoms with Crippen molar-refractivity contribution >= 4 is 17.3 Å². The van der Waals surface area contributed by atoms with Crippen molar-refractivity contribution < 1.29 is 9.72 Å². The van der Waals surface area contributed by atoms with E-state index in [4.69, 9.17) is 0 Å². The molecule has 0 radical (unpaired) electrons. The molecule has 96 valence electrons. The lowest BCUT2D eigenvalue weighted by molar-refractivity contribution is -0.384. The van der Waals surface area contributed by atoms with E-state index in [9.17, 15) is 14.9 Å². The van der Waals surface area contributed by atoms with Crippen LogP contribution in [-0.2, 0) is 4.79 Å². The van der Waals surface area contributed by atoms with Gasteiger partial charge in [-0.2, -0.15) is 0 Å². The lowest BCUT2D eigenvalue weighted by Crippen LogP contribution is -2.32. The number of carbonyl (C=O) groups excluding carboxylic acids is 1. The maximum Gasteiger partial charge on any atom is 0.292 e. The second-order valence-corrected chi connectivity index (χ2v) is 4.41. The molecule has 0 saturated carbocycles. The van der Waals surface area contributed by atoms with E-state index in [1.807, 2.05) is 13.0 Å². The highest BCUT2D eigenvalue weighted by atomic mass is 16.6. The van der Waals surface area contributed by atoms with Gasteiger partial charge < -0.3 is 10.6 Å². The molecule has 1 aliphatic rings. The molecule has 2 N–H and O–H groups in total. The summed E-state index contributed by atoms with van der Waals surface area (Å²) in [6.45, 7) is 2.33. The summed E-state index contributed by atoms with van der Waals surface area (Å²) in [5.41, 5.74) is 1.43. The minimum atomic E-state index is -0.400. The molecule has 0 spiro atoms. The highest BCUT2D eigenvalue weighted by Gasteiger charge is 2.22. The number of nitrogens with zero attached hydrogens (tertiary/aromatic N) is 1. The molecule has 0 aromatic heterocycles. The Balaban J connectivity index is 2.08. The summed E-state index contributed by atoms with van der Waals surface area (Å²) < 4.78 is 0. The van der Waals surface area contributed by atoms with E-state index in [1.54, 1.807) is 6.07 Å². The molecule has 1 saturated heterocycles. The predicted molar refractivity (Wildman–Crippen MR) is 67.5 cm³/mol. The summed E-state index contributed by atoms with van der Waals surface area (Å²) in [4.78, 5) is 21.6. The third kappa shape index (κ3) is 2.58. The first kappa shape index (κ1) is 12.3. The first-order chi connectivity index (χ1) is 8.58. The fraction of sp³-hybridized carbons (Fsp3) is 0.417. The van der Waals surface area contributed by atoms with Crippen LogP contribution in [0.1, 0.15) is 18.4 Å². The Morgan fingerprint density at radius 2 is 2.33 bits per heavy atom. The lowest BCUT2D eigenvalue weighted by atomic mass is 10.1. The molecule has 1 unspecified atom stereocenters. The van der Waals surface area contributed by atoms with E-state index in [0.717, 1.165) is 12.0 Å². The number of nitro groups is 1. The van der Waals surface area contributed by atoms with Crippen molar-refractivity contribution in [2.24, 2.45) is 0 Å². The molecule has 0 aliphatic carbocycles. The van der Waals surface area contributed by atoms with Crippen LogP contribution < -0.4 is 10.6 Å². The fourth-order valence-electron chi connectivity index (χ4n) is 2.09. The van der Waals surface area contributed by atoms with E-state index in [-0.39, 0.29) is 17.6 Å². The molecule has 1 aliphatic heterocycles. The van der Waals surface area contributed by atoms with Crippen molar-refractivity contribution in [3.8, 4) is 0 Å². The first-order valence-electron chi connectivity index (χ1n) is 5.85. The van der Waals surface area contributed by atoms with Gasteiger partial charge in [0.2, 0.25) is 5.91 Å². The topological polar surface area (TPSA) is 84.3 Å². The zero-order chi connectivity index (χ0) is 13.1. The van der Waals surface area contributed by atoms with Crippen molar-refractivity contribution in [2.75, 3.05) is 11.9 Å². The predicted octanol–water partition coefficient (Wildman–Crippen LogP) is 1.59. The van der Waals surface area contributed by atoms with Gasteiger partial charge >= 0.3 is 0 Å². The number of nitro benzene ring substituents is 1. The average molecular weight is 249 g/mol. The highest BCUT2D eigenvalue weighted by molar-refractivity contribution is 5.78. The van der Waals surface area contributed by atoms with E-state index in [2.05, 4.69) is 10.6 Å². The molecule has 6 heteroatoms. The van der Waals surface area contributed by atoms with E-state index in [1.165, 1.54) is 6.07 Å². The van der Waals surface area contributed by atoms with Gasteiger partial charge in [0.25, 0.3) is 5.69 Å². The number of hydrogen-bond acceptors (Lipinski definition) is 4. The van der Waals surface area contributed by atoms with E-state index in [0.29, 0.717) is 18.7 Å². The number of aryl methyl sites for hydroxylation is 1. The van der Waals surface area contributed by atoms with Crippen LogP contribution in [-0.4, -0.2) is 23.4 Å². The van der Waals surface area contributed by atoms with Gasteiger partial charge in [0, 0.05) is 25.1 Å². The minimum absolute atomic E-state index is 0.0427. The van der Waals surface area contributed by atoms with Crippen molar-refractivity contribution in [1.29, 1.82) is 0 Å². The lowest BCUT2D eigenvalue weighted by Gasteiger charge is -2.14. The molecule has 1 aromatic carbocycles. The number of amides is 1. The maximum absolute atomic E-state index is 11.1. The monoisotopic (exact) mass is 249 g/mol. The van der Waals surface area contributed by atoms with Crippen LogP contribution in [0.4, 0.5) is 11.4 Å². The molecule has 1 atom stereocenters. The Labute approximate surface area is 105 Å². The molecule has 2 rings (SSSR count). The number of nitrogens with one attached hydrogen (secondary N) is 2. The molecular weight excluding hydrogens is 234 g/mol. The SMILES string of the molecule is Cc1cccc([N+](=O)[O-])c1NCC1CCC(=O)N1. The second-order valence-electron chi connectivity index (χ2n) is 4.41. The molecule has 1 heterocycles. The van der Waals surface area contributed by atoms with Crippen LogP contribution in [0.15, 0.2) is 18.2 Å². The fourth-order valence-corrected chi connectivity index (χ4v) is 2.09. The standard InChI is InChI=1S/C12H15N3O3/c1-8-3-2-4-10(15(17)18)12(8)13-7-9-5-6-11(16)14-9/h2-4,9,13H,5-7H2,1H3,(H,14,16). The first-order valence-corrected chi connectivity index (χ1v) is 5.85. The maximum atomic E-state index is 11.1. The summed E-state index contributed by atoms with van der Waals surface area (Å²) in [6, 6.07) is 5.01. The normalized spacial score (nSPS) is 18.5. The third-order valence-electron chi connectivity index (χ3n) is 3.06. The van der Waals surface area contributed by atoms with E-state index < -0.39 is 4.92 Å². The zero-order valence-corrected chi connectivity index (χ0v) is 10.1. The minimum Gasteiger partial charge on any atom is -0.377 e. The van der Waals surface area contributed by atoms with Gasteiger partial charge in [-0.1, -0.05) is 12.1 Å². The molecule has 0 bridgehead atoms. The highest BCUT2D eigenvalue weighted by Crippen LogP contribution is 2.27.